The molecule has 0 N–H and O–H groups in total. The van der Waals surface area contributed by atoms with Gasteiger partial charge in [-0.15, -0.1) is 0 Å². The predicted molar refractivity (Wildman–Crippen MR) is 334 cm³/mol. The zero-order chi connectivity index (χ0) is 55.7. The third-order valence-electron chi connectivity index (χ3n) is 14.1. The molecule has 0 aliphatic rings. The highest BCUT2D eigenvalue weighted by molar-refractivity contribution is 5.71. The maximum Gasteiger partial charge on any atom is 0.306 e. The second kappa shape index (κ2) is 64.9. The molecule has 0 aromatic heterocycles. The molecule has 0 heterocycles. The number of carbonyl (C=O) groups excluding carboxylic acids is 3. The Morgan fingerprint density at radius 1 is 0.273 bits per heavy atom. The van der Waals surface area contributed by atoms with Crippen molar-refractivity contribution in [1.29, 1.82) is 0 Å². The molecule has 6 heteroatoms. The number of esters is 3. The van der Waals surface area contributed by atoms with Crippen molar-refractivity contribution in [2.24, 2.45) is 0 Å². The fourth-order valence-electron chi connectivity index (χ4n) is 9.18. The van der Waals surface area contributed by atoms with Crippen LogP contribution in [0.4, 0.5) is 0 Å². The molecule has 1 atom stereocenters. The molecule has 0 aromatic rings. The molecule has 0 aliphatic heterocycles. The molecular weight excluding hydrogens is 949 g/mol. The van der Waals surface area contributed by atoms with Gasteiger partial charge >= 0.3 is 17.9 Å². The topological polar surface area (TPSA) is 78.9 Å². The quantitative estimate of drug-likeness (QED) is 0.0261. The molecule has 0 aromatic carbocycles. The van der Waals surface area contributed by atoms with Gasteiger partial charge < -0.3 is 14.2 Å². The molecule has 0 spiro atoms. The molecule has 77 heavy (non-hydrogen) atoms. The zero-order valence-corrected chi connectivity index (χ0v) is 50.7. The van der Waals surface area contributed by atoms with Crippen LogP contribution < -0.4 is 0 Å². The highest BCUT2D eigenvalue weighted by atomic mass is 16.6. The summed E-state index contributed by atoms with van der Waals surface area (Å²) >= 11 is 0. The van der Waals surface area contributed by atoms with Gasteiger partial charge in [-0.3, -0.25) is 14.4 Å². The molecule has 0 fully saturated rings. The lowest BCUT2D eigenvalue weighted by Gasteiger charge is -2.18. The van der Waals surface area contributed by atoms with E-state index in [1.165, 1.54) is 154 Å². The Labute approximate surface area is 477 Å². The van der Waals surface area contributed by atoms with Crippen LogP contribution in [0.2, 0.25) is 0 Å². The van der Waals surface area contributed by atoms with Gasteiger partial charge in [-0.1, -0.05) is 291 Å². The Bertz CT molecular complexity index is 1510. The summed E-state index contributed by atoms with van der Waals surface area (Å²) < 4.78 is 16.9. The predicted octanol–water partition coefficient (Wildman–Crippen LogP) is 22.4. The van der Waals surface area contributed by atoms with Crippen LogP contribution in [0.15, 0.2) is 97.2 Å². The highest BCUT2D eigenvalue weighted by Gasteiger charge is 2.19. The second-order valence-corrected chi connectivity index (χ2v) is 21.6. The maximum absolute atomic E-state index is 12.9. The van der Waals surface area contributed by atoms with Crippen molar-refractivity contribution < 1.29 is 28.6 Å². The number of allylic oxidation sites excluding steroid dienone is 16. The average Bonchev–Trinajstić information content (AvgIpc) is 3.43. The second-order valence-electron chi connectivity index (χ2n) is 21.6. The Balaban J connectivity index is 4.26. The summed E-state index contributed by atoms with van der Waals surface area (Å²) in [7, 11) is 0. The van der Waals surface area contributed by atoms with E-state index in [1.54, 1.807) is 0 Å². The molecule has 442 valence electrons. The lowest BCUT2D eigenvalue weighted by Crippen LogP contribution is -2.30. The Morgan fingerprint density at radius 2 is 0.506 bits per heavy atom. The van der Waals surface area contributed by atoms with E-state index >= 15 is 0 Å². The van der Waals surface area contributed by atoms with E-state index in [9.17, 15) is 14.4 Å². The van der Waals surface area contributed by atoms with Crippen LogP contribution >= 0.6 is 0 Å². The molecule has 6 nitrogen and oxygen atoms in total. The van der Waals surface area contributed by atoms with Crippen molar-refractivity contribution in [3.05, 3.63) is 97.2 Å². The van der Waals surface area contributed by atoms with E-state index in [1.807, 2.05) is 0 Å². The van der Waals surface area contributed by atoms with E-state index in [2.05, 4.69) is 118 Å². The van der Waals surface area contributed by atoms with Gasteiger partial charge in [0.1, 0.15) is 13.2 Å². The van der Waals surface area contributed by atoms with E-state index in [4.69, 9.17) is 14.2 Å². The van der Waals surface area contributed by atoms with E-state index in [0.29, 0.717) is 19.3 Å². The van der Waals surface area contributed by atoms with Crippen LogP contribution in [0.3, 0.4) is 0 Å². The van der Waals surface area contributed by atoms with Crippen molar-refractivity contribution in [1.82, 2.24) is 0 Å². The third kappa shape index (κ3) is 63.0. The van der Waals surface area contributed by atoms with Crippen molar-refractivity contribution in [2.45, 2.75) is 322 Å². The molecule has 0 amide bonds. The monoisotopic (exact) mass is 1070 g/mol. The minimum atomic E-state index is -0.783. The Kier molecular flexibility index (Phi) is 61.8. The summed E-state index contributed by atoms with van der Waals surface area (Å²) in [5.41, 5.74) is 0. The zero-order valence-electron chi connectivity index (χ0n) is 50.7. The molecule has 0 aliphatic carbocycles. The Hall–Kier alpha value is -3.67. The smallest absolute Gasteiger partial charge is 0.306 e. The normalized spacial score (nSPS) is 12.7. The van der Waals surface area contributed by atoms with Crippen LogP contribution in [-0.4, -0.2) is 37.2 Å². The largest absolute Gasteiger partial charge is 0.462 e. The van der Waals surface area contributed by atoms with Crippen LogP contribution in [-0.2, 0) is 28.6 Å². The summed E-state index contributed by atoms with van der Waals surface area (Å²) in [6.45, 7) is 6.53. The molecule has 0 saturated heterocycles. The van der Waals surface area contributed by atoms with Gasteiger partial charge in [-0.2, -0.15) is 0 Å². The lowest BCUT2D eigenvalue weighted by molar-refractivity contribution is -0.167. The number of ether oxygens (including phenoxy) is 3. The minimum absolute atomic E-state index is 0.0789. The van der Waals surface area contributed by atoms with Crippen LogP contribution in [0.1, 0.15) is 316 Å². The van der Waals surface area contributed by atoms with Gasteiger partial charge in [0.15, 0.2) is 6.10 Å². The van der Waals surface area contributed by atoms with Crippen LogP contribution in [0.25, 0.3) is 0 Å². The van der Waals surface area contributed by atoms with Crippen molar-refractivity contribution in [3.8, 4) is 0 Å². The SMILES string of the molecule is CC/C=C\C/C=C\C/C=C\C/C=C\C/C=C\C/C=C\C/C=C\CCCCCCCCCCCC(=O)OCC(COC(=O)CCCCCCCCCCCCCCC)OC(=O)CCCCCCC/C=C\CCCCCCCC. The van der Waals surface area contributed by atoms with Crippen molar-refractivity contribution in [2.75, 3.05) is 13.2 Å². The average molecular weight is 1070 g/mol. The first-order valence-electron chi connectivity index (χ1n) is 32.7. The first-order chi connectivity index (χ1) is 38.0. The summed E-state index contributed by atoms with van der Waals surface area (Å²) in [6, 6.07) is 0. The molecule has 1 unspecified atom stereocenters. The number of hydrogen-bond donors (Lipinski definition) is 0. The summed E-state index contributed by atoms with van der Waals surface area (Å²) in [5.74, 6) is -0.882. The van der Waals surface area contributed by atoms with E-state index < -0.39 is 6.10 Å². The number of carbonyl (C=O) groups is 3. The van der Waals surface area contributed by atoms with Gasteiger partial charge in [0.25, 0.3) is 0 Å². The van der Waals surface area contributed by atoms with E-state index in [0.717, 1.165) is 122 Å². The molecular formula is C71H122O6. The highest BCUT2D eigenvalue weighted by Crippen LogP contribution is 2.16. The fraction of sp³-hybridized carbons (Fsp3) is 0.732. The molecule has 0 bridgehead atoms. The lowest BCUT2D eigenvalue weighted by atomic mass is 10.0. The Morgan fingerprint density at radius 3 is 0.805 bits per heavy atom. The van der Waals surface area contributed by atoms with Crippen molar-refractivity contribution >= 4 is 17.9 Å². The number of hydrogen-bond acceptors (Lipinski definition) is 6. The van der Waals surface area contributed by atoms with Gasteiger partial charge in [0, 0.05) is 19.3 Å². The first-order valence-corrected chi connectivity index (χ1v) is 32.7. The number of unbranched alkanes of at least 4 members (excludes halogenated alkanes) is 32. The van der Waals surface area contributed by atoms with Crippen LogP contribution in [0.5, 0.6) is 0 Å². The summed E-state index contributed by atoms with van der Waals surface area (Å²) in [6.07, 6.45) is 87.0. The third-order valence-corrected chi connectivity index (χ3v) is 14.1. The van der Waals surface area contributed by atoms with Crippen molar-refractivity contribution in [3.63, 3.8) is 0 Å². The standard InChI is InChI=1S/C71H122O6/c1-4-7-10-13-16-19-22-25-27-28-29-30-31-32-33-34-35-36-37-38-39-40-41-42-44-46-49-52-55-58-61-64-70(73)76-67-68(66-75-69(72)63-60-57-54-51-48-45-24-21-18-15-12-9-6-3)77-71(74)65-62-59-56-53-50-47-43-26-23-20-17-14-11-8-5-2/h7,10,16,19,25-27,29-30,32-33,35-36,38-39,43,68H,4-6,8-9,11-15,17-18,20-24,28,31,34,37,40-42,44-67H2,1-3H3/b10-7-,19-16-,27-25-,30-29-,33-32-,36-35-,39-38-,43-26-. The molecule has 0 saturated carbocycles. The van der Waals surface area contributed by atoms with Gasteiger partial charge in [-0.05, 0) is 103 Å². The van der Waals surface area contributed by atoms with Gasteiger partial charge in [-0.25, -0.2) is 0 Å². The fourth-order valence-corrected chi connectivity index (χ4v) is 9.18. The summed E-state index contributed by atoms with van der Waals surface area (Å²) in [4.78, 5) is 38.3. The molecule has 0 rings (SSSR count). The van der Waals surface area contributed by atoms with Crippen LogP contribution in [0, 0.1) is 0 Å². The van der Waals surface area contributed by atoms with Gasteiger partial charge in [0.05, 0.1) is 0 Å². The van der Waals surface area contributed by atoms with Gasteiger partial charge in [0.2, 0.25) is 0 Å². The first kappa shape index (κ1) is 73.3. The maximum atomic E-state index is 12.9. The molecule has 0 radical (unpaired) electrons. The number of rotatable bonds is 59. The minimum Gasteiger partial charge on any atom is -0.462 e. The summed E-state index contributed by atoms with van der Waals surface area (Å²) in [5, 5.41) is 0. The van der Waals surface area contributed by atoms with E-state index in [-0.39, 0.29) is 31.1 Å².